The summed E-state index contributed by atoms with van der Waals surface area (Å²) in [6.07, 6.45) is 0. The number of aryl methyl sites for hydroxylation is 1. The highest BCUT2D eigenvalue weighted by Gasteiger charge is 2.11. The van der Waals surface area contributed by atoms with Crippen LogP contribution in [0.5, 0.6) is 11.5 Å². The zero-order chi connectivity index (χ0) is 17.6. The molecule has 0 radical (unpaired) electrons. The average Bonchev–Trinajstić information content (AvgIpc) is 3.10. The largest absolute Gasteiger partial charge is 0.490 e. The number of ether oxygens (including phenoxy) is 2. The van der Waals surface area contributed by atoms with Gasteiger partial charge in [-0.05, 0) is 26.0 Å². The van der Waals surface area contributed by atoms with Gasteiger partial charge < -0.3 is 14.0 Å². The van der Waals surface area contributed by atoms with Crippen LogP contribution in [0, 0.1) is 18.3 Å². The molecular formula is C19H17N3O3. The molecule has 0 N–H and O–H groups in total. The molecule has 0 aliphatic heterocycles. The number of benzene rings is 2. The van der Waals surface area contributed by atoms with Crippen LogP contribution in [-0.4, -0.2) is 16.7 Å². The lowest BCUT2D eigenvalue weighted by Gasteiger charge is -2.10. The molecule has 0 saturated carbocycles. The van der Waals surface area contributed by atoms with Gasteiger partial charge in [-0.1, -0.05) is 35.0 Å². The topological polar surface area (TPSA) is 81.2 Å². The molecule has 0 spiro atoms. The van der Waals surface area contributed by atoms with Crippen LogP contribution in [-0.2, 0) is 6.61 Å². The van der Waals surface area contributed by atoms with Gasteiger partial charge in [0.25, 0.3) is 5.89 Å². The highest BCUT2D eigenvalue weighted by Crippen LogP contribution is 2.29. The molecule has 25 heavy (non-hydrogen) atoms. The summed E-state index contributed by atoms with van der Waals surface area (Å²) in [5, 5.41) is 13.0. The fraction of sp³-hybridized carbons (Fsp3) is 0.211. The second kappa shape index (κ2) is 7.49. The smallest absolute Gasteiger partial charge is 0.264 e. The molecule has 0 bridgehead atoms. The zero-order valence-electron chi connectivity index (χ0n) is 14.0. The molecule has 0 atom stereocenters. The van der Waals surface area contributed by atoms with Crippen molar-refractivity contribution < 1.29 is 14.0 Å². The Labute approximate surface area is 145 Å². The first-order valence-electron chi connectivity index (χ1n) is 7.89. The van der Waals surface area contributed by atoms with Crippen molar-refractivity contribution in [2.24, 2.45) is 0 Å². The summed E-state index contributed by atoms with van der Waals surface area (Å²) in [6.45, 7) is 4.48. The molecule has 0 aliphatic carbocycles. The normalized spacial score (nSPS) is 10.3. The van der Waals surface area contributed by atoms with E-state index in [1.807, 2.05) is 38.1 Å². The van der Waals surface area contributed by atoms with Crippen molar-refractivity contribution in [3.05, 3.63) is 59.5 Å². The maximum atomic E-state index is 8.98. The van der Waals surface area contributed by atoms with Crippen molar-refractivity contribution in [2.45, 2.75) is 20.5 Å². The van der Waals surface area contributed by atoms with Gasteiger partial charge >= 0.3 is 0 Å². The van der Waals surface area contributed by atoms with Crippen molar-refractivity contribution in [2.75, 3.05) is 6.61 Å². The van der Waals surface area contributed by atoms with Crippen molar-refractivity contribution in [3.8, 4) is 29.0 Å². The third kappa shape index (κ3) is 3.96. The second-order valence-electron chi connectivity index (χ2n) is 5.37. The lowest BCUT2D eigenvalue weighted by atomic mass is 10.1. The van der Waals surface area contributed by atoms with Crippen LogP contribution in [0.25, 0.3) is 11.4 Å². The molecule has 3 rings (SSSR count). The highest BCUT2D eigenvalue weighted by molar-refractivity contribution is 5.54. The second-order valence-corrected chi connectivity index (χ2v) is 5.37. The van der Waals surface area contributed by atoms with E-state index in [-0.39, 0.29) is 6.61 Å². The SMILES string of the molecule is CCOc1cc(C#N)ccc1OCc1nc(-c2ccc(C)cc2)no1. The summed E-state index contributed by atoms with van der Waals surface area (Å²) >= 11 is 0. The van der Waals surface area contributed by atoms with Gasteiger partial charge in [0.05, 0.1) is 18.2 Å². The van der Waals surface area contributed by atoms with E-state index in [0.717, 1.165) is 5.56 Å². The molecule has 3 aromatic rings. The summed E-state index contributed by atoms with van der Waals surface area (Å²) in [7, 11) is 0. The van der Waals surface area contributed by atoms with Gasteiger partial charge in [0.1, 0.15) is 0 Å². The van der Waals surface area contributed by atoms with E-state index in [0.29, 0.717) is 35.4 Å². The first-order valence-corrected chi connectivity index (χ1v) is 7.89. The number of nitrogens with zero attached hydrogens (tertiary/aromatic N) is 3. The maximum Gasteiger partial charge on any atom is 0.264 e. The summed E-state index contributed by atoms with van der Waals surface area (Å²) in [4.78, 5) is 4.34. The molecular weight excluding hydrogens is 318 g/mol. The van der Waals surface area contributed by atoms with Crippen LogP contribution >= 0.6 is 0 Å². The molecule has 2 aromatic carbocycles. The van der Waals surface area contributed by atoms with Crippen molar-refractivity contribution in [1.29, 1.82) is 5.26 Å². The summed E-state index contributed by atoms with van der Waals surface area (Å²) in [6, 6.07) is 15.0. The average molecular weight is 335 g/mol. The minimum absolute atomic E-state index is 0.116. The fourth-order valence-corrected chi connectivity index (χ4v) is 2.24. The molecule has 6 nitrogen and oxygen atoms in total. The Bertz CT molecular complexity index is 895. The Morgan fingerprint density at radius 1 is 1.08 bits per heavy atom. The number of rotatable bonds is 6. The Morgan fingerprint density at radius 3 is 2.60 bits per heavy atom. The number of nitriles is 1. The van der Waals surface area contributed by atoms with Crippen LogP contribution in [0.2, 0.25) is 0 Å². The van der Waals surface area contributed by atoms with E-state index in [1.165, 1.54) is 5.56 Å². The van der Waals surface area contributed by atoms with E-state index in [1.54, 1.807) is 18.2 Å². The quantitative estimate of drug-likeness (QED) is 0.679. The molecule has 1 heterocycles. The van der Waals surface area contributed by atoms with Gasteiger partial charge in [0.15, 0.2) is 18.1 Å². The van der Waals surface area contributed by atoms with Crippen LogP contribution in [0.15, 0.2) is 47.0 Å². The van der Waals surface area contributed by atoms with Gasteiger partial charge in [-0.25, -0.2) is 0 Å². The maximum absolute atomic E-state index is 8.98. The third-order valence-corrected chi connectivity index (χ3v) is 3.50. The number of hydrogen-bond acceptors (Lipinski definition) is 6. The molecule has 0 saturated heterocycles. The van der Waals surface area contributed by atoms with Gasteiger partial charge in [-0.3, -0.25) is 0 Å². The molecule has 6 heteroatoms. The van der Waals surface area contributed by atoms with Gasteiger partial charge in [-0.2, -0.15) is 10.2 Å². The summed E-state index contributed by atoms with van der Waals surface area (Å²) in [5.74, 6) is 1.92. The minimum atomic E-state index is 0.116. The zero-order valence-corrected chi connectivity index (χ0v) is 14.0. The summed E-state index contributed by atoms with van der Waals surface area (Å²) < 4.78 is 16.5. The van der Waals surface area contributed by atoms with Crippen molar-refractivity contribution >= 4 is 0 Å². The molecule has 0 fully saturated rings. The van der Waals surface area contributed by atoms with Crippen LogP contribution < -0.4 is 9.47 Å². The lowest BCUT2D eigenvalue weighted by Crippen LogP contribution is -2.00. The molecule has 0 aliphatic rings. The number of aromatic nitrogens is 2. The molecule has 0 amide bonds. The van der Waals surface area contributed by atoms with Crippen LogP contribution in [0.1, 0.15) is 23.9 Å². The van der Waals surface area contributed by atoms with Gasteiger partial charge in [0, 0.05) is 11.6 Å². The van der Waals surface area contributed by atoms with Gasteiger partial charge in [0.2, 0.25) is 5.82 Å². The van der Waals surface area contributed by atoms with E-state index in [4.69, 9.17) is 19.3 Å². The van der Waals surface area contributed by atoms with Crippen molar-refractivity contribution in [1.82, 2.24) is 10.1 Å². The highest BCUT2D eigenvalue weighted by atomic mass is 16.5. The Kier molecular flexibility index (Phi) is 4.95. The molecule has 126 valence electrons. The van der Waals surface area contributed by atoms with E-state index in [9.17, 15) is 0 Å². The first-order chi connectivity index (χ1) is 12.2. The standard InChI is InChI=1S/C19H17N3O3/c1-3-23-17-10-14(11-20)6-9-16(17)24-12-18-21-19(22-25-18)15-7-4-13(2)5-8-15/h4-10H,3,12H2,1-2H3. The third-order valence-electron chi connectivity index (χ3n) is 3.50. The molecule has 0 unspecified atom stereocenters. The van der Waals surface area contributed by atoms with E-state index < -0.39 is 0 Å². The van der Waals surface area contributed by atoms with E-state index in [2.05, 4.69) is 16.2 Å². The van der Waals surface area contributed by atoms with Crippen LogP contribution in [0.4, 0.5) is 0 Å². The predicted octanol–water partition coefficient (Wildman–Crippen LogP) is 3.89. The number of hydrogen-bond donors (Lipinski definition) is 0. The fourth-order valence-electron chi connectivity index (χ4n) is 2.24. The van der Waals surface area contributed by atoms with Crippen molar-refractivity contribution in [3.63, 3.8) is 0 Å². The Balaban J connectivity index is 1.72. The van der Waals surface area contributed by atoms with E-state index >= 15 is 0 Å². The van der Waals surface area contributed by atoms with Crippen LogP contribution in [0.3, 0.4) is 0 Å². The Morgan fingerprint density at radius 2 is 1.88 bits per heavy atom. The summed E-state index contributed by atoms with van der Waals surface area (Å²) in [5.41, 5.74) is 2.56. The minimum Gasteiger partial charge on any atom is -0.490 e. The first kappa shape index (κ1) is 16.5. The Hall–Kier alpha value is -3.33. The molecule has 1 aromatic heterocycles. The predicted molar refractivity (Wildman–Crippen MR) is 91.1 cm³/mol. The van der Waals surface area contributed by atoms with Gasteiger partial charge in [-0.15, -0.1) is 0 Å². The monoisotopic (exact) mass is 335 g/mol. The lowest BCUT2D eigenvalue weighted by molar-refractivity contribution is 0.228.